The number of hydrogen-bond acceptors (Lipinski definition) is 3. The number of piperidine rings is 1. The van der Waals surface area contributed by atoms with E-state index in [1.165, 1.54) is 12.1 Å². The Morgan fingerprint density at radius 1 is 1.42 bits per heavy atom. The highest BCUT2D eigenvalue weighted by atomic mass is 19.1. The number of urea groups is 1. The molecule has 1 unspecified atom stereocenters. The van der Waals surface area contributed by atoms with Crippen LogP contribution < -0.4 is 5.32 Å². The third-order valence-electron chi connectivity index (χ3n) is 4.70. The quantitative estimate of drug-likeness (QED) is 0.892. The van der Waals surface area contributed by atoms with Crippen molar-refractivity contribution in [2.45, 2.75) is 31.9 Å². The van der Waals surface area contributed by atoms with E-state index in [1.54, 1.807) is 29.4 Å². The number of hydrogen-bond donors (Lipinski definition) is 1. The molecule has 2 amide bonds. The average molecular weight is 360 g/mol. The van der Waals surface area contributed by atoms with Gasteiger partial charge in [-0.2, -0.15) is 0 Å². The molecule has 1 aliphatic heterocycles. The fourth-order valence-corrected chi connectivity index (χ4v) is 3.31. The molecule has 7 heteroatoms. The summed E-state index contributed by atoms with van der Waals surface area (Å²) in [5.41, 5.74) is 0.664. The van der Waals surface area contributed by atoms with Crippen LogP contribution in [0.25, 0.3) is 0 Å². The monoisotopic (exact) mass is 360 g/mol. The van der Waals surface area contributed by atoms with Crippen LogP contribution in [0.3, 0.4) is 0 Å². The summed E-state index contributed by atoms with van der Waals surface area (Å²) in [5.74, 6) is 0.321. The van der Waals surface area contributed by atoms with E-state index in [9.17, 15) is 9.18 Å². The summed E-state index contributed by atoms with van der Waals surface area (Å²) in [6.45, 7) is 3.97. The fraction of sp³-hybridized carbons (Fsp3) is 0.474. The lowest BCUT2D eigenvalue weighted by Crippen LogP contribution is -2.47. The smallest absolute Gasteiger partial charge is 0.318 e. The number of nitrogens with one attached hydrogen (secondary N) is 1. The molecular weight excluding hydrogens is 335 g/mol. The van der Waals surface area contributed by atoms with Crippen molar-refractivity contribution in [3.63, 3.8) is 0 Å². The number of aromatic nitrogens is 2. The van der Waals surface area contributed by atoms with Crippen LogP contribution in [-0.2, 0) is 11.8 Å². The molecule has 2 heterocycles. The Kier molecular flexibility index (Phi) is 5.88. The van der Waals surface area contributed by atoms with E-state index in [1.807, 2.05) is 18.5 Å². The van der Waals surface area contributed by atoms with Gasteiger partial charge in [0.25, 0.3) is 0 Å². The molecule has 6 nitrogen and oxygen atoms in total. The van der Waals surface area contributed by atoms with Gasteiger partial charge in [-0.05, 0) is 37.5 Å². The maximum Gasteiger partial charge on any atom is 0.318 e. The molecule has 3 rings (SSSR count). The fourth-order valence-electron chi connectivity index (χ4n) is 3.31. The lowest BCUT2D eigenvalue weighted by molar-refractivity contribution is 0.0218. The van der Waals surface area contributed by atoms with Gasteiger partial charge in [-0.15, -0.1) is 0 Å². The average Bonchev–Trinajstić information content (AvgIpc) is 3.06. The SMILES string of the molecule is CCOC1CCN(C(=O)NC(c2cccc(F)c2)c2nccn2C)CC1. The molecular formula is C19H25FN4O2. The number of carbonyl (C=O) groups is 1. The first-order chi connectivity index (χ1) is 12.6. The molecule has 0 spiro atoms. The first-order valence-electron chi connectivity index (χ1n) is 8.98. The van der Waals surface area contributed by atoms with Crippen molar-refractivity contribution in [1.29, 1.82) is 0 Å². The zero-order valence-corrected chi connectivity index (χ0v) is 15.2. The van der Waals surface area contributed by atoms with Gasteiger partial charge in [0.2, 0.25) is 0 Å². The molecule has 1 aliphatic rings. The van der Waals surface area contributed by atoms with Crippen molar-refractivity contribution in [3.05, 3.63) is 53.9 Å². The zero-order chi connectivity index (χ0) is 18.5. The molecule has 1 fully saturated rings. The lowest BCUT2D eigenvalue weighted by atomic mass is 10.1. The van der Waals surface area contributed by atoms with E-state index < -0.39 is 6.04 Å². The van der Waals surface area contributed by atoms with Crippen LogP contribution in [0.2, 0.25) is 0 Å². The van der Waals surface area contributed by atoms with E-state index in [-0.39, 0.29) is 18.0 Å². The molecule has 1 saturated heterocycles. The number of nitrogens with zero attached hydrogens (tertiary/aromatic N) is 3. The molecule has 0 bridgehead atoms. The van der Waals surface area contributed by atoms with Crippen LogP contribution in [0.4, 0.5) is 9.18 Å². The molecule has 2 aromatic rings. The third kappa shape index (κ3) is 4.22. The number of ether oxygens (including phenoxy) is 1. The number of carbonyl (C=O) groups excluding carboxylic acids is 1. The van der Waals surface area contributed by atoms with Crippen molar-refractivity contribution in [1.82, 2.24) is 19.8 Å². The summed E-state index contributed by atoms with van der Waals surface area (Å²) in [6.07, 6.45) is 5.35. The Morgan fingerprint density at radius 2 is 2.19 bits per heavy atom. The maximum atomic E-state index is 13.7. The minimum absolute atomic E-state index is 0.169. The second-order valence-electron chi connectivity index (χ2n) is 6.48. The summed E-state index contributed by atoms with van der Waals surface area (Å²) in [4.78, 5) is 18.9. The second-order valence-corrected chi connectivity index (χ2v) is 6.48. The normalized spacial score (nSPS) is 16.5. The molecule has 1 atom stereocenters. The minimum atomic E-state index is -0.511. The lowest BCUT2D eigenvalue weighted by Gasteiger charge is -2.33. The summed E-state index contributed by atoms with van der Waals surface area (Å²) in [5, 5.41) is 3.02. The van der Waals surface area contributed by atoms with Crippen molar-refractivity contribution >= 4 is 6.03 Å². The molecule has 0 saturated carbocycles. The Morgan fingerprint density at radius 3 is 2.81 bits per heavy atom. The standard InChI is InChI=1S/C19H25FN4O2/c1-3-26-16-7-10-24(11-8-16)19(25)22-17(18-21-9-12-23(18)2)14-5-4-6-15(20)13-14/h4-6,9,12-13,16-17H,3,7-8,10-11H2,1-2H3,(H,22,25). The first kappa shape index (κ1) is 18.4. The Labute approximate surface area is 153 Å². The Balaban J connectivity index is 1.74. The number of amides is 2. The van der Waals surface area contributed by atoms with Crippen LogP contribution in [0.1, 0.15) is 37.2 Å². The van der Waals surface area contributed by atoms with Gasteiger partial charge in [0.15, 0.2) is 0 Å². The van der Waals surface area contributed by atoms with Gasteiger partial charge < -0.3 is 19.5 Å². The van der Waals surface area contributed by atoms with Gasteiger partial charge in [0.1, 0.15) is 17.7 Å². The predicted octanol–water partition coefficient (Wildman–Crippen LogP) is 2.86. The molecule has 1 aromatic carbocycles. The largest absolute Gasteiger partial charge is 0.378 e. The number of imidazole rings is 1. The minimum Gasteiger partial charge on any atom is -0.378 e. The zero-order valence-electron chi connectivity index (χ0n) is 15.2. The Bertz CT molecular complexity index is 741. The van der Waals surface area contributed by atoms with Crippen LogP contribution in [0.15, 0.2) is 36.7 Å². The molecule has 1 N–H and O–H groups in total. The first-order valence-corrected chi connectivity index (χ1v) is 8.98. The van der Waals surface area contributed by atoms with Gasteiger partial charge in [-0.25, -0.2) is 14.2 Å². The van der Waals surface area contributed by atoms with Crippen LogP contribution in [0, 0.1) is 5.82 Å². The highest BCUT2D eigenvalue weighted by molar-refractivity contribution is 5.75. The Hall–Kier alpha value is -2.41. The molecule has 26 heavy (non-hydrogen) atoms. The number of halogens is 1. The van der Waals surface area contributed by atoms with Crippen molar-refractivity contribution in [3.8, 4) is 0 Å². The molecule has 1 aromatic heterocycles. The van der Waals surface area contributed by atoms with Gasteiger partial charge in [-0.3, -0.25) is 0 Å². The van der Waals surface area contributed by atoms with Crippen LogP contribution in [-0.4, -0.2) is 46.3 Å². The second kappa shape index (κ2) is 8.31. The maximum absolute atomic E-state index is 13.7. The van der Waals surface area contributed by atoms with Gasteiger partial charge >= 0.3 is 6.03 Å². The van der Waals surface area contributed by atoms with Crippen LogP contribution >= 0.6 is 0 Å². The summed E-state index contributed by atoms with van der Waals surface area (Å²) >= 11 is 0. The van der Waals surface area contributed by atoms with Crippen molar-refractivity contribution in [2.75, 3.05) is 19.7 Å². The number of likely N-dealkylation sites (tertiary alicyclic amines) is 1. The molecule has 140 valence electrons. The third-order valence-corrected chi connectivity index (χ3v) is 4.70. The van der Waals surface area contributed by atoms with E-state index >= 15 is 0 Å². The predicted molar refractivity (Wildman–Crippen MR) is 96.2 cm³/mol. The highest BCUT2D eigenvalue weighted by Crippen LogP contribution is 2.22. The molecule has 0 aliphatic carbocycles. The van der Waals surface area contributed by atoms with E-state index in [0.717, 1.165) is 12.8 Å². The van der Waals surface area contributed by atoms with Crippen molar-refractivity contribution in [2.24, 2.45) is 7.05 Å². The van der Waals surface area contributed by atoms with Crippen molar-refractivity contribution < 1.29 is 13.9 Å². The van der Waals surface area contributed by atoms with E-state index in [4.69, 9.17) is 4.74 Å². The van der Waals surface area contributed by atoms with Gasteiger partial charge in [-0.1, -0.05) is 12.1 Å². The summed E-state index contributed by atoms with van der Waals surface area (Å²) < 4.78 is 21.2. The number of aryl methyl sites for hydroxylation is 1. The van der Waals surface area contributed by atoms with E-state index in [0.29, 0.717) is 31.1 Å². The van der Waals surface area contributed by atoms with Crippen LogP contribution in [0.5, 0.6) is 0 Å². The highest BCUT2D eigenvalue weighted by Gasteiger charge is 2.27. The summed E-state index contributed by atoms with van der Waals surface area (Å²) in [6, 6.07) is 5.57. The number of benzene rings is 1. The van der Waals surface area contributed by atoms with E-state index in [2.05, 4.69) is 10.3 Å². The van der Waals surface area contributed by atoms with Gasteiger partial charge in [0.05, 0.1) is 6.10 Å². The van der Waals surface area contributed by atoms with Gasteiger partial charge in [0, 0.05) is 39.1 Å². The number of rotatable bonds is 5. The topological polar surface area (TPSA) is 59.4 Å². The summed E-state index contributed by atoms with van der Waals surface area (Å²) in [7, 11) is 1.86. The molecule has 0 radical (unpaired) electrons.